The molecular weight excluding hydrogens is 314 g/mol. The van der Waals surface area contributed by atoms with Gasteiger partial charge in [0.15, 0.2) is 0 Å². The molecule has 118 valence electrons. The molecule has 0 unspecified atom stereocenters. The lowest BCUT2D eigenvalue weighted by Gasteiger charge is -2.09. The zero-order valence-electron chi connectivity index (χ0n) is 12.6. The fraction of sp³-hybridized carbons (Fsp3) is 0.176. The Balaban J connectivity index is 2.06. The van der Waals surface area contributed by atoms with Gasteiger partial charge in [-0.15, -0.1) is 5.10 Å². The predicted molar refractivity (Wildman–Crippen MR) is 88.9 cm³/mol. The Hall–Kier alpha value is -2.37. The van der Waals surface area contributed by atoms with Crippen LogP contribution in [0.25, 0.3) is 16.9 Å². The lowest BCUT2D eigenvalue weighted by Crippen LogP contribution is -2.00. The number of rotatable bonds is 5. The van der Waals surface area contributed by atoms with E-state index < -0.39 is 0 Å². The number of hydrogen-bond acceptors (Lipinski definition) is 4. The summed E-state index contributed by atoms with van der Waals surface area (Å²) < 4.78 is 7.15. The lowest BCUT2D eigenvalue weighted by atomic mass is 10.1. The van der Waals surface area contributed by atoms with Gasteiger partial charge in [-0.05, 0) is 43.3 Å². The second-order valence-electron chi connectivity index (χ2n) is 4.89. The largest absolute Gasteiger partial charge is 0.494 e. The summed E-state index contributed by atoms with van der Waals surface area (Å²) in [6, 6.07) is 14.9. The zero-order chi connectivity index (χ0) is 16.2. The monoisotopic (exact) mass is 329 g/mol. The van der Waals surface area contributed by atoms with Crippen molar-refractivity contribution >= 4 is 11.6 Å². The van der Waals surface area contributed by atoms with E-state index in [4.69, 9.17) is 16.3 Å². The minimum Gasteiger partial charge on any atom is -0.494 e. The summed E-state index contributed by atoms with van der Waals surface area (Å²) in [5.74, 6) is 0.798. The van der Waals surface area contributed by atoms with Gasteiger partial charge in [0.2, 0.25) is 0 Å². The van der Waals surface area contributed by atoms with Gasteiger partial charge in [0.25, 0.3) is 0 Å². The zero-order valence-corrected chi connectivity index (χ0v) is 13.4. The summed E-state index contributed by atoms with van der Waals surface area (Å²) in [4.78, 5) is 0. The first kappa shape index (κ1) is 15.5. The van der Waals surface area contributed by atoms with Crippen LogP contribution in [-0.2, 0) is 6.61 Å². The molecule has 0 bridgehead atoms. The molecule has 2 aromatic carbocycles. The van der Waals surface area contributed by atoms with E-state index in [-0.39, 0.29) is 6.61 Å². The van der Waals surface area contributed by atoms with Gasteiger partial charge in [0.1, 0.15) is 17.1 Å². The Kier molecular flexibility index (Phi) is 4.60. The summed E-state index contributed by atoms with van der Waals surface area (Å²) in [5.41, 5.74) is 2.98. The van der Waals surface area contributed by atoms with E-state index in [0.29, 0.717) is 17.3 Å². The molecule has 6 heteroatoms. The van der Waals surface area contributed by atoms with Gasteiger partial charge in [-0.2, -0.15) is 0 Å². The van der Waals surface area contributed by atoms with E-state index in [1.54, 1.807) is 16.8 Å². The summed E-state index contributed by atoms with van der Waals surface area (Å²) in [6.07, 6.45) is 0. The molecule has 23 heavy (non-hydrogen) atoms. The maximum atomic E-state index is 9.55. The second kappa shape index (κ2) is 6.81. The van der Waals surface area contributed by atoms with E-state index in [1.807, 2.05) is 43.3 Å². The molecule has 3 aromatic rings. The van der Waals surface area contributed by atoms with E-state index in [0.717, 1.165) is 22.7 Å². The van der Waals surface area contributed by atoms with Crippen LogP contribution in [0.5, 0.6) is 5.75 Å². The molecule has 1 heterocycles. The van der Waals surface area contributed by atoms with Crippen molar-refractivity contribution in [1.29, 1.82) is 0 Å². The predicted octanol–water partition coefficient (Wildman–Crippen LogP) is 3.48. The van der Waals surface area contributed by atoms with Crippen molar-refractivity contribution in [2.24, 2.45) is 0 Å². The summed E-state index contributed by atoms with van der Waals surface area (Å²) >= 11 is 5.95. The average Bonchev–Trinajstić information content (AvgIpc) is 3.00. The lowest BCUT2D eigenvalue weighted by molar-refractivity contribution is 0.277. The molecule has 0 spiro atoms. The Morgan fingerprint density at radius 2 is 1.78 bits per heavy atom. The van der Waals surface area contributed by atoms with Crippen LogP contribution in [0.15, 0.2) is 48.5 Å². The topological polar surface area (TPSA) is 60.2 Å². The molecule has 0 aliphatic carbocycles. The summed E-state index contributed by atoms with van der Waals surface area (Å²) in [6.45, 7) is 2.37. The molecule has 0 radical (unpaired) electrons. The molecule has 1 N–H and O–H groups in total. The number of benzene rings is 2. The van der Waals surface area contributed by atoms with Crippen LogP contribution in [0.3, 0.4) is 0 Å². The van der Waals surface area contributed by atoms with E-state index in [1.165, 1.54) is 0 Å². The molecule has 5 nitrogen and oxygen atoms in total. The SMILES string of the molecule is CCOc1ccc(-n2nnc(CO)c2-c2ccc(Cl)cc2)cc1. The molecule has 0 aliphatic heterocycles. The molecule has 0 atom stereocenters. The fourth-order valence-electron chi connectivity index (χ4n) is 2.35. The number of aliphatic hydroxyl groups excluding tert-OH is 1. The van der Waals surface area contributed by atoms with Crippen molar-refractivity contribution in [1.82, 2.24) is 15.0 Å². The molecular formula is C17H16ClN3O2. The number of nitrogens with zero attached hydrogens (tertiary/aromatic N) is 3. The highest BCUT2D eigenvalue weighted by Crippen LogP contribution is 2.27. The third kappa shape index (κ3) is 3.21. The Bertz CT molecular complexity index is 783. The van der Waals surface area contributed by atoms with Gasteiger partial charge in [0, 0.05) is 10.6 Å². The maximum absolute atomic E-state index is 9.55. The minimum absolute atomic E-state index is 0.186. The number of aliphatic hydroxyl groups is 1. The third-order valence-corrected chi connectivity index (χ3v) is 3.65. The van der Waals surface area contributed by atoms with Crippen molar-refractivity contribution in [3.8, 4) is 22.7 Å². The van der Waals surface area contributed by atoms with E-state index in [9.17, 15) is 5.11 Å². The smallest absolute Gasteiger partial charge is 0.119 e. The summed E-state index contributed by atoms with van der Waals surface area (Å²) in [5, 5.41) is 18.4. The quantitative estimate of drug-likeness (QED) is 0.778. The molecule has 1 aromatic heterocycles. The van der Waals surface area contributed by atoms with Crippen molar-refractivity contribution in [2.45, 2.75) is 13.5 Å². The highest BCUT2D eigenvalue weighted by molar-refractivity contribution is 6.30. The van der Waals surface area contributed by atoms with Crippen LogP contribution < -0.4 is 4.74 Å². The molecule has 0 amide bonds. The first-order chi connectivity index (χ1) is 11.2. The molecule has 3 rings (SSSR count). The van der Waals surface area contributed by atoms with Crippen molar-refractivity contribution in [2.75, 3.05) is 6.61 Å². The summed E-state index contributed by atoms with van der Waals surface area (Å²) in [7, 11) is 0. The number of halogens is 1. The number of aromatic nitrogens is 3. The molecule has 0 fully saturated rings. The van der Waals surface area contributed by atoms with Gasteiger partial charge in [0.05, 0.1) is 18.9 Å². The van der Waals surface area contributed by atoms with Crippen molar-refractivity contribution < 1.29 is 9.84 Å². The highest BCUT2D eigenvalue weighted by Gasteiger charge is 2.15. The maximum Gasteiger partial charge on any atom is 0.119 e. The van der Waals surface area contributed by atoms with Gasteiger partial charge in [-0.1, -0.05) is 28.9 Å². The third-order valence-electron chi connectivity index (χ3n) is 3.40. The fourth-order valence-corrected chi connectivity index (χ4v) is 2.47. The highest BCUT2D eigenvalue weighted by atomic mass is 35.5. The van der Waals surface area contributed by atoms with Gasteiger partial charge >= 0.3 is 0 Å². The van der Waals surface area contributed by atoms with Crippen LogP contribution in [0.2, 0.25) is 5.02 Å². The van der Waals surface area contributed by atoms with Crippen LogP contribution >= 0.6 is 11.6 Å². The Morgan fingerprint density at radius 3 is 2.39 bits per heavy atom. The van der Waals surface area contributed by atoms with Gasteiger partial charge in [-0.3, -0.25) is 0 Å². The first-order valence-corrected chi connectivity index (χ1v) is 7.65. The normalized spacial score (nSPS) is 10.7. The molecule has 0 saturated carbocycles. The average molecular weight is 330 g/mol. The van der Waals surface area contributed by atoms with Crippen LogP contribution in [-0.4, -0.2) is 26.7 Å². The minimum atomic E-state index is -0.186. The molecule has 0 aliphatic rings. The second-order valence-corrected chi connectivity index (χ2v) is 5.32. The van der Waals surface area contributed by atoms with E-state index >= 15 is 0 Å². The van der Waals surface area contributed by atoms with E-state index in [2.05, 4.69) is 10.3 Å². The van der Waals surface area contributed by atoms with Gasteiger partial charge < -0.3 is 9.84 Å². The van der Waals surface area contributed by atoms with Crippen molar-refractivity contribution in [3.63, 3.8) is 0 Å². The molecule has 0 saturated heterocycles. The van der Waals surface area contributed by atoms with Crippen molar-refractivity contribution in [3.05, 3.63) is 59.2 Å². The number of hydrogen-bond donors (Lipinski definition) is 1. The van der Waals surface area contributed by atoms with Crippen LogP contribution in [0, 0.1) is 0 Å². The Morgan fingerprint density at radius 1 is 1.09 bits per heavy atom. The van der Waals surface area contributed by atoms with Crippen LogP contribution in [0.4, 0.5) is 0 Å². The standard InChI is InChI=1S/C17H16ClN3O2/c1-2-23-15-9-7-14(8-10-15)21-17(16(11-22)19-20-21)12-3-5-13(18)6-4-12/h3-10,22H,2,11H2,1H3. The first-order valence-electron chi connectivity index (χ1n) is 7.27. The number of ether oxygens (including phenoxy) is 1. The van der Waals surface area contributed by atoms with Gasteiger partial charge in [-0.25, -0.2) is 4.68 Å². The Labute approximate surface area is 139 Å². The van der Waals surface area contributed by atoms with Crippen LogP contribution in [0.1, 0.15) is 12.6 Å².